The number of carbonyl (C=O) groups excluding carboxylic acids is 2. The average molecular weight is 336 g/mol. The zero-order chi connectivity index (χ0) is 17.5. The van der Waals surface area contributed by atoms with Gasteiger partial charge in [0.05, 0.1) is 6.10 Å². The molecule has 134 valence electrons. The molecule has 0 spiro atoms. The summed E-state index contributed by atoms with van der Waals surface area (Å²) in [6.45, 7) is 3.99. The average Bonchev–Trinajstić information content (AvgIpc) is 2.83. The highest BCUT2D eigenvalue weighted by Gasteiger charge is 2.69. The normalized spacial score (nSPS) is 57.3. The minimum absolute atomic E-state index is 0.0126. The number of hydrogen-bond acceptors (Lipinski definition) is 5. The molecule has 3 N–H and O–H groups in total. The maximum absolute atomic E-state index is 12.6. The van der Waals surface area contributed by atoms with E-state index in [0.717, 1.165) is 19.3 Å². The third-order valence-corrected chi connectivity index (χ3v) is 8.40. The van der Waals surface area contributed by atoms with E-state index in [1.54, 1.807) is 0 Å². The third-order valence-electron chi connectivity index (χ3n) is 8.40. The third kappa shape index (κ3) is 1.76. The van der Waals surface area contributed by atoms with E-state index in [-0.39, 0.29) is 29.6 Å². The summed E-state index contributed by atoms with van der Waals surface area (Å²) in [4.78, 5) is 25.0. The summed E-state index contributed by atoms with van der Waals surface area (Å²) in [5, 5.41) is 32.1. The van der Waals surface area contributed by atoms with Gasteiger partial charge in [-0.15, -0.1) is 0 Å². The second kappa shape index (κ2) is 4.89. The molecule has 0 amide bonds. The molecular formula is C19H28O5. The topological polar surface area (TPSA) is 94.8 Å². The molecular weight excluding hydrogens is 308 g/mol. The molecule has 0 aliphatic heterocycles. The molecule has 0 bridgehead atoms. The lowest BCUT2D eigenvalue weighted by molar-refractivity contribution is -0.234. The SMILES string of the molecule is C[C@]12CC[C@H]3[C@@H]([C@@H](O)C[C@@]4(O)C(=O)[C@@H](O)CC[C@]34C)[C@@H]1CCC2=O. The van der Waals surface area contributed by atoms with Crippen LogP contribution in [0.4, 0.5) is 0 Å². The van der Waals surface area contributed by atoms with Crippen molar-refractivity contribution in [1.82, 2.24) is 0 Å². The van der Waals surface area contributed by atoms with Crippen LogP contribution in [0.3, 0.4) is 0 Å². The molecule has 4 saturated carbocycles. The van der Waals surface area contributed by atoms with Crippen LogP contribution in [0.1, 0.15) is 58.8 Å². The molecule has 4 rings (SSSR count). The molecule has 0 aromatic heterocycles. The van der Waals surface area contributed by atoms with Crippen molar-refractivity contribution in [3.05, 3.63) is 0 Å². The minimum Gasteiger partial charge on any atom is -0.393 e. The van der Waals surface area contributed by atoms with Crippen molar-refractivity contribution in [1.29, 1.82) is 0 Å². The summed E-state index contributed by atoms with van der Waals surface area (Å²) in [7, 11) is 0. The molecule has 4 aliphatic carbocycles. The Bertz CT molecular complexity index is 603. The van der Waals surface area contributed by atoms with E-state index in [1.807, 2.05) is 13.8 Å². The molecule has 0 unspecified atom stereocenters. The van der Waals surface area contributed by atoms with Crippen LogP contribution in [0.2, 0.25) is 0 Å². The van der Waals surface area contributed by atoms with Gasteiger partial charge in [0.25, 0.3) is 0 Å². The van der Waals surface area contributed by atoms with Gasteiger partial charge in [-0.05, 0) is 49.9 Å². The molecule has 24 heavy (non-hydrogen) atoms. The Morgan fingerprint density at radius 2 is 1.71 bits per heavy atom. The van der Waals surface area contributed by atoms with Crippen LogP contribution in [0.5, 0.6) is 0 Å². The number of carbonyl (C=O) groups is 2. The summed E-state index contributed by atoms with van der Waals surface area (Å²) in [6, 6.07) is 0. The zero-order valence-electron chi connectivity index (χ0n) is 14.5. The van der Waals surface area contributed by atoms with Crippen LogP contribution in [0, 0.1) is 28.6 Å². The molecule has 0 aromatic rings. The van der Waals surface area contributed by atoms with Crippen molar-refractivity contribution in [2.45, 2.75) is 76.6 Å². The smallest absolute Gasteiger partial charge is 0.193 e. The van der Waals surface area contributed by atoms with Crippen molar-refractivity contribution >= 4 is 11.6 Å². The fourth-order valence-electron chi connectivity index (χ4n) is 6.84. The second-order valence-corrected chi connectivity index (χ2v) is 9.18. The van der Waals surface area contributed by atoms with Crippen molar-refractivity contribution in [3.63, 3.8) is 0 Å². The number of rotatable bonds is 0. The summed E-state index contributed by atoms with van der Waals surface area (Å²) in [6.07, 6.45) is 1.93. The first-order valence-corrected chi connectivity index (χ1v) is 9.31. The van der Waals surface area contributed by atoms with Crippen molar-refractivity contribution in [2.24, 2.45) is 28.6 Å². The van der Waals surface area contributed by atoms with Crippen molar-refractivity contribution < 1.29 is 24.9 Å². The van der Waals surface area contributed by atoms with Crippen molar-refractivity contribution in [2.75, 3.05) is 0 Å². The first-order valence-electron chi connectivity index (χ1n) is 9.31. The van der Waals surface area contributed by atoms with Crippen LogP contribution in [0.15, 0.2) is 0 Å². The molecule has 0 aromatic carbocycles. The molecule has 0 heterocycles. The molecule has 8 atom stereocenters. The predicted octanol–water partition coefficient (Wildman–Crippen LogP) is 1.22. The number of fused-ring (bicyclic) bond motifs is 5. The van der Waals surface area contributed by atoms with E-state index in [2.05, 4.69) is 0 Å². The van der Waals surface area contributed by atoms with Gasteiger partial charge in [0.2, 0.25) is 0 Å². The van der Waals surface area contributed by atoms with E-state index in [4.69, 9.17) is 0 Å². The summed E-state index contributed by atoms with van der Waals surface area (Å²) < 4.78 is 0. The maximum atomic E-state index is 12.6. The monoisotopic (exact) mass is 336 g/mol. The highest BCUT2D eigenvalue weighted by atomic mass is 16.3. The van der Waals surface area contributed by atoms with Gasteiger partial charge in [-0.1, -0.05) is 13.8 Å². The first-order chi connectivity index (χ1) is 11.1. The summed E-state index contributed by atoms with van der Waals surface area (Å²) in [5.74, 6) is -0.0962. The fraction of sp³-hybridized carbons (Fsp3) is 0.895. The quantitative estimate of drug-likeness (QED) is 0.618. The lowest BCUT2D eigenvalue weighted by Crippen LogP contribution is -2.70. The molecule has 4 aliphatic rings. The van der Waals surface area contributed by atoms with E-state index < -0.39 is 29.0 Å². The van der Waals surface area contributed by atoms with Crippen LogP contribution in [-0.4, -0.2) is 44.7 Å². The maximum Gasteiger partial charge on any atom is 0.193 e. The lowest BCUT2D eigenvalue weighted by Gasteiger charge is -2.63. The standard InChI is InChI=1S/C19H28O5/c1-17-7-5-11-15(10(17)3-4-14(17)22)13(21)9-19(24)16(23)12(20)6-8-18(11,19)2/h10-13,15,20-21,24H,3-9H2,1-2H3/t10-,11-,12-,13-,15-,17-,18+,19+/m0/s1. The van der Waals surface area contributed by atoms with Crippen molar-refractivity contribution in [3.8, 4) is 0 Å². The van der Waals surface area contributed by atoms with Gasteiger partial charge in [-0.2, -0.15) is 0 Å². The van der Waals surface area contributed by atoms with E-state index >= 15 is 0 Å². The predicted molar refractivity (Wildman–Crippen MR) is 86.0 cm³/mol. The number of aliphatic hydroxyl groups is 3. The van der Waals surface area contributed by atoms with E-state index in [0.29, 0.717) is 25.0 Å². The van der Waals surface area contributed by atoms with Gasteiger partial charge in [0.1, 0.15) is 17.5 Å². The van der Waals surface area contributed by atoms with Gasteiger partial charge in [0.15, 0.2) is 5.78 Å². The Balaban J connectivity index is 1.77. The Morgan fingerprint density at radius 3 is 2.42 bits per heavy atom. The minimum atomic E-state index is -1.65. The number of Topliss-reactive ketones (excluding diaryl/α,β-unsaturated/α-hetero) is 2. The number of aliphatic hydroxyl groups excluding tert-OH is 2. The Hall–Kier alpha value is -0.780. The molecule has 0 saturated heterocycles. The largest absolute Gasteiger partial charge is 0.393 e. The highest BCUT2D eigenvalue weighted by Crippen LogP contribution is 2.65. The zero-order valence-corrected chi connectivity index (χ0v) is 14.5. The van der Waals surface area contributed by atoms with Gasteiger partial charge in [-0.3, -0.25) is 9.59 Å². The van der Waals surface area contributed by atoms with Crippen LogP contribution >= 0.6 is 0 Å². The Kier molecular flexibility index (Phi) is 3.40. The van der Waals surface area contributed by atoms with Gasteiger partial charge in [-0.25, -0.2) is 0 Å². The summed E-state index contributed by atoms with van der Waals surface area (Å²) in [5.41, 5.74) is -2.63. The molecule has 4 fully saturated rings. The Morgan fingerprint density at radius 1 is 1.00 bits per heavy atom. The lowest BCUT2D eigenvalue weighted by atomic mass is 9.42. The first kappa shape index (κ1) is 16.7. The van der Waals surface area contributed by atoms with Crippen LogP contribution < -0.4 is 0 Å². The van der Waals surface area contributed by atoms with E-state index in [9.17, 15) is 24.9 Å². The fourth-order valence-corrected chi connectivity index (χ4v) is 6.84. The van der Waals surface area contributed by atoms with Gasteiger partial charge < -0.3 is 15.3 Å². The molecule has 5 heteroatoms. The van der Waals surface area contributed by atoms with Gasteiger partial charge in [0, 0.05) is 23.7 Å². The van der Waals surface area contributed by atoms with Gasteiger partial charge >= 0.3 is 0 Å². The molecule has 0 radical (unpaired) electrons. The Labute approximate surface area is 142 Å². The molecule has 5 nitrogen and oxygen atoms in total. The second-order valence-electron chi connectivity index (χ2n) is 9.18. The van der Waals surface area contributed by atoms with Crippen LogP contribution in [0.25, 0.3) is 0 Å². The van der Waals surface area contributed by atoms with E-state index in [1.165, 1.54) is 0 Å². The van der Waals surface area contributed by atoms with Crippen LogP contribution in [-0.2, 0) is 9.59 Å². The number of hydrogen-bond donors (Lipinski definition) is 3. The number of ketones is 2. The summed E-state index contributed by atoms with van der Waals surface area (Å²) >= 11 is 0. The highest BCUT2D eigenvalue weighted by molar-refractivity contribution is 5.93.